The molecule has 0 amide bonds. The number of fused-ring (bicyclic) bond motifs is 1. The van der Waals surface area contributed by atoms with E-state index >= 15 is 0 Å². The van der Waals surface area contributed by atoms with Gasteiger partial charge in [-0.3, -0.25) is 5.84 Å². The summed E-state index contributed by atoms with van der Waals surface area (Å²) in [6, 6.07) is 6.10. The molecular formula is C12H13ClN2O4S. The van der Waals surface area contributed by atoms with Crippen LogP contribution >= 0.6 is 11.6 Å². The highest BCUT2D eigenvalue weighted by atomic mass is 35.5. The molecule has 0 radical (unpaired) electrons. The zero-order valence-electron chi connectivity index (χ0n) is 10.4. The normalized spacial score (nSPS) is 11.7. The fraction of sp³-hybridized carbons (Fsp3) is 0.250. The Balaban J connectivity index is 2.56. The summed E-state index contributed by atoms with van der Waals surface area (Å²) in [6.45, 7) is 0. The number of sulfone groups is 1. The third kappa shape index (κ3) is 2.95. The summed E-state index contributed by atoms with van der Waals surface area (Å²) in [5.74, 6) is 5.28. The van der Waals surface area contributed by atoms with Crippen molar-refractivity contribution in [1.29, 1.82) is 0 Å². The summed E-state index contributed by atoms with van der Waals surface area (Å²) >= 11 is 5.48. The van der Waals surface area contributed by atoms with Crippen molar-refractivity contribution in [1.82, 2.24) is 0 Å². The molecule has 0 atom stereocenters. The van der Waals surface area contributed by atoms with Crippen LogP contribution in [0.1, 0.15) is 6.42 Å². The van der Waals surface area contributed by atoms with Gasteiger partial charge in [0, 0.05) is 17.3 Å². The fourth-order valence-corrected chi connectivity index (χ4v) is 3.39. The van der Waals surface area contributed by atoms with Gasteiger partial charge in [0.15, 0.2) is 14.7 Å². The Kier molecular flexibility index (Phi) is 4.32. The van der Waals surface area contributed by atoms with Crippen molar-refractivity contribution in [3.05, 3.63) is 34.7 Å². The number of alkyl halides is 1. The Bertz CT molecular complexity index is 786. The van der Waals surface area contributed by atoms with Gasteiger partial charge in [-0.1, -0.05) is 0 Å². The number of hydrazine groups is 1. The predicted molar refractivity (Wildman–Crippen MR) is 77.7 cm³/mol. The van der Waals surface area contributed by atoms with E-state index in [2.05, 4.69) is 5.43 Å². The molecule has 6 nitrogen and oxygen atoms in total. The molecule has 2 aromatic rings. The van der Waals surface area contributed by atoms with Crippen molar-refractivity contribution >= 4 is 38.1 Å². The van der Waals surface area contributed by atoms with Crippen molar-refractivity contribution in [2.45, 2.75) is 11.3 Å². The number of nitrogens with two attached hydrogens (primary N) is 1. The van der Waals surface area contributed by atoms with Crippen molar-refractivity contribution in [3.8, 4) is 0 Å². The molecule has 0 unspecified atom stereocenters. The van der Waals surface area contributed by atoms with Crippen LogP contribution in [0.3, 0.4) is 0 Å². The van der Waals surface area contributed by atoms with E-state index in [-0.39, 0.29) is 28.5 Å². The first-order valence-electron chi connectivity index (χ1n) is 5.81. The van der Waals surface area contributed by atoms with Crippen LogP contribution in [0.2, 0.25) is 0 Å². The van der Waals surface area contributed by atoms with Crippen molar-refractivity contribution in [2.75, 3.05) is 17.1 Å². The number of hydrogen-bond donors (Lipinski definition) is 2. The average molecular weight is 317 g/mol. The van der Waals surface area contributed by atoms with Gasteiger partial charge < -0.3 is 9.84 Å². The van der Waals surface area contributed by atoms with Gasteiger partial charge in [-0.2, -0.15) is 0 Å². The molecule has 0 aliphatic heterocycles. The van der Waals surface area contributed by atoms with E-state index in [0.29, 0.717) is 11.1 Å². The van der Waals surface area contributed by atoms with Gasteiger partial charge in [0.25, 0.3) is 0 Å². The number of anilines is 1. The van der Waals surface area contributed by atoms with E-state index in [1.54, 1.807) is 12.1 Å². The largest absolute Gasteiger partial charge is 0.422 e. The molecule has 1 aromatic carbocycles. The van der Waals surface area contributed by atoms with Crippen molar-refractivity contribution < 1.29 is 12.8 Å². The summed E-state index contributed by atoms with van der Waals surface area (Å²) in [4.78, 5) is 11.5. The highest BCUT2D eigenvalue weighted by Crippen LogP contribution is 2.20. The molecule has 0 fully saturated rings. The minimum Gasteiger partial charge on any atom is -0.422 e. The van der Waals surface area contributed by atoms with E-state index in [4.69, 9.17) is 21.9 Å². The minimum absolute atomic E-state index is 0.185. The maximum absolute atomic E-state index is 12.0. The molecule has 0 bridgehead atoms. The first-order valence-corrected chi connectivity index (χ1v) is 8.00. The van der Waals surface area contributed by atoms with E-state index in [1.165, 1.54) is 12.1 Å². The number of rotatable bonds is 5. The van der Waals surface area contributed by atoms with E-state index in [1.807, 2.05) is 0 Å². The van der Waals surface area contributed by atoms with Crippen LogP contribution in [0.4, 0.5) is 5.69 Å². The quantitative estimate of drug-likeness (QED) is 0.375. The van der Waals surface area contributed by atoms with Gasteiger partial charge >= 0.3 is 5.63 Å². The van der Waals surface area contributed by atoms with Gasteiger partial charge in [-0.05, 0) is 24.6 Å². The van der Waals surface area contributed by atoms with E-state index in [0.717, 1.165) is 0 Å². The Labute approximate surface area is 120 Å². The first kappa shape index (κ1) is 14.8. The van der Waals surface area contributed by atoms with Crippen LogP contribution in [0.25, 0.3) is 11.0 Å². The number of nitrogen functional groups attached to an aromatic ring is 1. The topological polar surface area (TPSA) is 102 Å². The summed E-state index contributed by atoms with van der Waals surface area (Å²) in [7, 11) is -3.69. The lowest BCUT2D eigenvalue weighted by Crippen LogP contribution is -2.17. The Hall–Kier alpha value is -1.57. The predicted octanol–water partition coefficient (Wildman–Crippen LogP) is 1.48. The summed E-state index contributed by atoms with van der Waals surface area (Å²) in [5.41, 5.74) is 2.35. The Morgan fingerprint density at radius 2 is 2.05 bits per heavy atom. The standard InChI is InChI=1S/C12H13ClN2O4S/c13-4-1-5-20(17,18)11-6-8-2-3-9(15-14)7-10(8)19-12(11)16/h2-3,6-7,15H,1,4-5,14H2. The second-order valence-corrected chi connectivity index (χ2v) is 6.61. The number of benzene rings is 1. The Morgan fingerprint density at radius 1 is 1.30 bits per heavy atom. The monoisotopic (exact) mass is 316 g/mol. The van der Waals surface area contributed by atoms with Crippen LogP contribution in [-0.2, 0) is 9.84 Å². The van der Waals surface area contributed by atoms with Gasteiger partial charge in [-0.25, -0.2) is 13.2 Å². The SMILES string of the molecule is NNc1ccc2cc(S(=O)(=O)CCCCl)c(=O)oc2c1. The van der Waals surface area contributed by atoms with Gasteiger partial charge in [0.2, 0.25) is 0 Å². The zero-order chi connectivity index (χ0) is 14.8. The molecule has 1 aromatic heterocycles. The molecule has 3 N–H and O–H groups in total. The molecule has 0 spiro atoms. The van der Waals surface area contributed by atoms with Crippen molar-refractivity contribution in [2.24, 2.45) is 5.84 Å². The molecule has 0 aliphatic carbocycles. The van der Waals surface area contributed by atoms with E-state index < -0.39 is 15.5 Å². The average Bonchev–Trinajstić information content (AvgIpc) is 2.43. The molecule has 0 aliphatic rings. The van der Waals surface area contributed by atoms with Crippen LogP contribution in [0, 0.1) is 0 Å². The maximum Gasteiger partial charge on any atom is 0.355 e. The third-order valence-electron chi connectivity index (χ3n) is 2.75. The third-order valence-corrected chi connectivity index (χ3v) is 4.80. The maximum atomic E-state index is 12.0. The molecular weight excluding hydrogens is 304 g/mol. The highest BCUT2D eigenvalue weighted by Gasteiger charge is 2.20. The van der Waals surface area contributed by atoms with Gasteiger partial charge in [-0.15, -0.1) is 11.6 Å². The lowest BCUT2D eigenvalue weighted by Gasteiger charge is -2.05. The molecule has 108 valence electrons. The number of hydrogen-bond acceptors (Lipinski definition) is 6. The lowest BCUT2D eigenvalue weighted by molar-refractivity contribution is 0.532. The Morgan fingerprint density at radius 3 is 2.70 bits per heavy atom. The second kappa shape index (κ2) is 5.82. The molecule has 0 saturated carbocycles. The second-order valence-electron chi connectivity index (χ2n) is 4.16. The molecule has 8 heteroatoms. The number of nitrogens with one attached hydrogen (secondary N) is 1. The number of halogens is 1. The van der Waals surface area contributed by atoms with Gasteiger partial charge in [0.1, 0.15) is 5.58 Å². The van der Waals surface area contributed by atoms with Crippen LogP contribution in [0.5, 0.6) is 0 Å². The molecule has 0 saturated heterocycles. The highest BCUT2D eigenvalue weighted by molar-refractivity contribution is 7.91. The van der Waals surface area contributed by atoms with Crippen LogP contribution in [0.15, 0.2) is 38.4 Å². The van der Waals surface area contributed by atoms with Crippen LogP contribution in [-0.4, -0.2) is 20.1 Å². The summed E-state index contributed by atoms with van der Waals surface area (Å²) < 4.78 is 29.1. The van der Waals surface area contributed by atoms with Crippen LogP contribution < -0.4 is 16.9 Å². The molecule has 2 rings (SSSR count). The fourth-order valence-electron chi connectivity index (χ4n) is 1.75. The minimum atomic E-state index is -3.69. The van der Waals surface area contributed by atoms with E-state index in [9.17, 15) is 13.2 Å². The van der Waals surface area contributed by atoms with Gasteiger partial charge in [0.05, 0.1) is 11.4 Å². The smallest absolute Gasteiger partial charge is 0.355 e. The van der Waals surface area contributed by atoms with Crippen molar-refractivity contribution in [3.63, 3.8) is 0 Å². The first-order chi connectivity index (χ1) is 9.47. The molecule has 20 heavy (non-hydrogen) atoms. The molecule has 1 heterocycles. The summed E-state index contributed by atoms with van der Waals surface area (Å²) in [6.07, 6.45) is 0.275. The lowest BCUT2D eigenvalue weighted by atomic mass is 10.2. The zero-order valence-corrected chi connectivity index (χ0v) is 12.0. The summed E-state index contributed by atoms with van der Waals surface area (Å²) in [5, 5.41) is 0.507.